The molecule has 0 aliphatic heterocycles. The molecular weight excluding hydrogens is 196 g/mol. The maximum atomic E-state index is 4.47. The molecule has 2 heteroatoms. The van der Waals surface area contributed by atoms with Crippen LogP contribution in [0.25, 0.3) is 0 Å². The first-order valence-corrected chi connectivity index (χ1v) is 5.48. The van der Waals surface area contributed by atoms with Crippen LogP contribution in [0, 0.1) is 20.8 Å². The zero-order chi connectivity index (χ0) is 11.5. The van der Waals surface area contributed by atoms with Gasteiger partial charge in [0.15, 0.2) is 0 Å². The number of aromatic nitrogens is 2. The summed E-state index contributed by atoms with van der Waals surface area (Å²) in [5, 5.41) is 0. The SMILES string of the molecule is Cc1cc(C)cc(Cc2cncc(C)n2)c1. The van der Waals surface area contributed by atoms with Gasteiger partial charge in [0.1, 0.15) is 0 Å². The van der Waals surface area contributed by atoms with Gasteiger partial charge in [0, 0.05) is 18.8 Å². The highest BCUT2D eigenvalue weighted by Gasteiger charge is 2.00. The van der Waals surface area contributed by atoms with E-state index in [1.54, 1.807) is 6.20 Å². The molecule has 0 saturated heterocycles. The standard InChI is InChI=1S/C14H16N2/c1-10-4-11(2)6-13(5-10)7-14-9-15-8-12(3)16-14/h4-6,8-9H,7H2,1-3H3. The van der Waals surface area contributed by atoms with Gasteiger partial charge in [0.25, 0.3) is 0 Å². The van der Waals surface area contributed by atoms with Gasteiger partial charge < -0.3 is 0 Å². The van der Waals surface area contributed by atoms with Crippen LogP contribution in [-0.2, 0) is 6.42 Å². The Morgan fingerprint density at radius 1 is 0.938 bits per heavy atom. The van der Waals surface area contributed by atoms with Crippen LogP contribution in [0.5, 0.6) is 0 Å². The Morgan fingerprint density at radius 2 is 1.62 bits per heavy atom. The molecule has 2 aromatic rings. The minimum absolute atomic E-state index is 0.858. The Bertz CT molecular complexity index is 484. The predicted molar refractivity (Wildman–Crippen MR) is 65.5 cm³/mol. The highest BCUT2D eigenvalue weighted by atomic mass is 14.8. The monoisotopic (exact) mass is 212 g/mol. The smallest absolute Gasteiger partial charge is 0.0633 e. The molecule has 1 aromatic heterocycles. The molecule has 0 N–H and O–H groups in total. The Hall–Kier alpha value is -1.70. The first kappa shape index (κ1) is 10.8. The predicted octanol–water partition coefficient (Wildman–Crippen LogP) is 2.99. The van der Waals surface area contributed by atoms with Crippen LogP contribution in [0.1, 0.15) is 28.1 Å². The molecule has 0 spiro atoms. The van der Waals surface area contributed by atoms with E-state index in [1.165, 1.54) is 16.7 Å². The first-order valence-electron chi connectivity index (χ1n) is 5.48. The third-order valence-corrected chi connectivity index (χ3v) is 2.47. The van der Waals surface area contributed by atoms with Gasteiger partial charge in [-0.25, -0.2) is 0 Å². The molecule has 16 heavy (non-hydrogen) atoms. The lowest BCUT2D eigenvalue weighted by Crippen LogP contribution is -1.96. The first-order chi connectivity index (χ1) is 7.63. The Labute approximate surface area is 96.4 Å². The number of benzene rings is 1. The van der Waals surface area contributed by atoms with Crippen molar-refractivity contribution in [1.29, 1.82) is 0 Å². The third kappa shape index (κ3) is 2.66. The Kier molecular flexibility index (Phi) is 3.00. The fraction of sp³-hybridized carbons (Fsp3) is 0.286. The van der Waals surface area contributed by atoms with Crippen molar-refractivity contribution in [2.75, 3.05) is 0 Å². The molecule has 0 aliphatic carbocycles. The fourth-order valence-electron chi connectivity index (χ4n) is 1.98. The van der Waals surface area contributed by atoms with E-state index in [0.717, 1.165) is 17.8 Å². The molecule has 0 atom stereocenters. The summed E-state index contributed by atoms with van der Waals surface area (Å²) in [7, 11) is 0. The van der Waals surface area contributed by atoms with Crippen LogP contribution in [0.2, 0.25) is 0 Å². The molecule has 82 valence electrons. The molecule has 0 unspecified atom stereocenters. The maximum absolute atomic E-state index is 4.47. The van der Waals surface area contributed by atoms with Crippen molar-refractivity contribution in [2.45, 2.75) is 27.2 Å². The molecular formula is C14H16N2. The molecule has 2 nitrogen and oxygen atoms in total. The van der Waals surface area contributed by atoms with E-state index in [2.05, 4.69) is 42.0 Å². The van der Waals surface area contributed by atoms with Gasteiger partial charge in [0.05, 0.1) is 11.4 Å². The van der Waals surface area contributed by atoms with Gasteiger partial charge >= 0.3 is 0 Å². The van der Waals surface area contributed by atoms with Crippen molar-refractivity contribution in [3.05, 3.63) is 58.7 Å². The van der Waals surface area contributed by atoms with Gasteiger partial charge in [-0.15, -0.1) is 0 Å². The maximum Gasteiger partial charge on any atom is 0.0633 e. The largest absolute Gasteiger partial charge is 0.261 e. The zero-order valence-electron chi connectivity index (χ0n) is 9.99. The summed E-state index contributed by atoms with van der Waals surface area (Å²) in [5.74, 6) is 0. The fourth-order valence-corrected chi connectivity index (χ4v) is 1.98. The number of aryl methyl sites for hydroxylation is 3. The molecule has 0 saturated carbocycles. The molecule has 2 rings (SSSR count). The molecule has 0 amide bonds. The van der Waals surface area contributed by atoms with Crippen molar-refractivity contribution in [3.8, 4) is 0 Å². The van der Waals surface area contributed by atoms with Crippen LogP contribution in [0.15, 0.2) is 30.6 Å². The Balaban J connectivity index is 2.27. The molecule has 1 aromatic carbocycles. The summed E-state index contributed by atoms with van der Waals surface area (Å²) >= 11 is 0. The van der Waals surface area contributed by atoms with E-state index in [-0.39, 0.29) is 0 Å². The second-order valence-corrected chi connectivity index (χ2v) is 4.32. The quantitative estimate of drug-likeness (QED) is 0.764. The second kappa shape index (κ2) is 4.44. The van der Waals surface area contributed by atoms with Crippen molar-refractivity contribution >= 4 is 0 Å². The van der Waals surface area contributed by atoms with Gasteiger partial charge in [-0.3, -0.25) is 9.97 Å². The molecule has 0 aliphatic rings. The van der Waals surface area contributed by atoms with Gasteiger partial charge in [-0.1, -0.05) is 29.3 Å². The lowest BCUT2D eigenvalue weighted by molar-refractivity contribution is 0.989. The van der Waals surface area contributed by atoms with Gasteiger partial charge in [-0.05, 0) is 26.3 Å². The van der Waals surface area contributed by atoms with Crippen LogP contribution < -0.4 is 0 Å². The van der Waals surface area contributed by atoms with Crippen molar-refractivity contribution in [2.24, 2.45) is 0 Å². The van der Waals surface area contributed by atoms with Crippen LogP contribution in [0.3, 0.4) is 0 Å². The lowest BCUT2D eigenvalue weighted by Gasteiger charge is -2.05. The van der Waals surface area contributed by atoms with E-state index in [1.807, 2.05) is 13.1 Å². The average molecular weight is 212 g/mol. The normalized spacial score (nSPS) is 10.4. The summed E-state index contributed by atoms with van der Waals surface area (Å²) in [6.45, 7) is 6.22. The van der Waals surface area contributed by atoms with Crippen LogP contribution >= 0.6 is 0 Å². The van der Waals surface area contributed by atoms with Crippen molar-refractivity contribution in [3.63, 3.8) is 0 Å². The van der Waals surface area contributed by atoms with E-state index in [4.69, 9.17) is 0 Å². The van der Waals surface area contributed by atoms with Crippen molar-refractivity contribution in [1.82, 2.24) is 9.97 Å². The second-order valence-electron chi connectivity index (χ2n) is 4.32. The lowest BCUT2D eigenvalue weighted by atomic mass is 10.0. The molecule has 1 heterocycles. The van der Waals surface area contributed by atoms with Gasteiger partial charge in [0.2, 0.25) is 0 Å². The van der Waals surface area contributed by atoms with Crippen LogP contribution in [-0.4, -0.2) is 9.97 Å². The molecule has 0 fully saturated rings. The minimum atomic E-state index is 0.858. The summed E-state index contributed by atoms with van der Waals surface area (Å²) in [5.41, 5.74) is 5.91. The van der Waals surface area contributed by atoms with Crippen molar-refractivity contribution < 1.29 is 0 Å². The van der Waals surface area contributed by atoms with E-state index in [9.17, 15) is 0 Å². The number of hydrogen-bond acceptors (Lipinski definition) is 2. The zero-order valence-corrected chi connectivity index (χ0v) is 9.99. The summed E-state index contributed by atoms with van der Waals surface area (Å²) < 4.78 is 0. The van der Waals surface area contributed by atoms with E-state index >= 15 is 0 Å². The highest BCUT2D eigenvalue weighted by Crippen LogP contribution is 2.12. The number of nitrogens with zero attached hydrogens (tertiary/aromatic N) is 2. The van der Waals surface area contributed by atoms with Crippen LogP contribution in [0.4, 0.5) is 0 Å². The number of rotatable bonds is 2. The highest BCUT2D eigenvalue weighted by molar-refractivity contribution is 5.30. The molecule has 0 bridgehead atoms. The number of hydrogen-bond donors (Lipinski definition) is 0. The average Bonchev–Trinajstić information content (AvgIpc) is 2.15. The van der Waals surface area contributed by atoms with Gasteiger partial charge in [-0.2, -0.15) is 0 Å². The molecule has 0 radical (unpaired) electrons. The topological polar surface area (TPSA) is 25.8 Å². The Morgan fingerprint density at radius 3 is 2.25 bits per heavy atom. The van der Waals surface area contributed by atoms with E-state index < -0.39 is 0 Å². The summed E-state index contributed by atoms with van der Waals surface area (Å²) in [6, 6.07) is 6.60. The summed E-state index contributed by atoms with van der Waals surface area (Å²) in [4.78, 5) is 8.63. The minimum Gasteiger partial charge on any atom is -0.261 e. The summed E-state index contributed by atoms with van der Waals surface area (Å²) in [6.07, 6.45) is 4.48. The van der Waals surface area contributed by atoms with E-state index in [0.29, 0.717) is 0 Å². The third-order valence-electron chi connectivity index (χ3n) is 2.47.